The van der Waals surface area contributed by atoms with Crippen molar-refractivity contribution in [3.63, 3.8) is 0 Å². The van der Waals surface area contributed by atoms with Crippen molar-refractivity contribution in [3.05, 3.63) is 41.2 Å². The number of hydrogen-bond donors (Lipinski definition) is 1. The van der Waals surface area contributed by atoms with E-state index in [4.69, 9.17) is 0 Å². The Morgan fingerprint density at radius 2 is 2.07 bits per heavy atom. The normalized spacial score (nSPS) is 16.4. The number of anilines is 1. The van der Waals surface area contributed by atoms with Crippen molar-refractivity contribution >= 4 is 32.4 Å². The fraction of sp³-hybridized carbons (Fsp3) is 0.474. The second-order valence-electron chi connectivity index (χ2n) is 7.29. The molecule has 0 unspecified atom stereocenters. The van der Waals surface area contributed by atoms with E-state index < -0.39 is 15.8 Å². The highest BCUT2D eigenvalue weighted by Gasteiger charge is 2.30. The van der Waals surface area contributed by atoms with Crippen LogP contribution in [-0.2, 0) is 14.8 Å². The highest BCUT2D eigenvalue weighted by molar-refractivity contribution is 7.89. The molecule has 3 rings (SSSR count). The molecule has 1 aromatic heterocycles. The van der Waals surface area contributed by atoms with Crippen molar-refractivity contribution in [1.29, 1.82) is 0 Å². The first kappa shape index (κ1) is 20.9. The average molecular weight is 426 g/mol. The van der Waals surface area contributed by atoms with Gasteiger partial charge in [-0.1, -0.05) is 19.9 Å². The molecule has 6 nitrogen and oxygen atoms in total. The first-order valence-electron chi connectivity index (χ1n) is 9.26. The Hall–Kier alpha value is -1.84. The van der Waals surface area contributed by atoms with Crippen LogP contribution in [-0.4, -0.2) is 36.7 Å². The van der Waals surface area contributed by atoms with Crippen molar-refractivity contribution in [3.8, 4) is 0 Å². The third-order valence-electron chi connectivity index (χ3n) is 4.84. The second-order valence-corrected chi connectivity index (χ2v) is 10.1. The lowest BCUT2D eigenvalue weighted by Crippen LogP contribution is -2.39. The zero-order valence-electron chi connectivity index (χ0n) is 15.9. The topological polar surface area (TPSA) is 79.4 Å². The van der Waals surface area contributed by atoms with Crippen molar-refractivity contribution in [2.24, 2.45) is 5.92 Å². The van der Waals surface area contributed by atoms with Crippen LogP contribution < -0.4 is 5.32 Å². The maximum atomic E-state index is 13.4. The summed E-state index contributed by atoms with van der Waals surface area (Å²) in [5.74, 6) is -0.249. The highest BCUT2D eigenvalue weighted by atomic mass is 32.2. The molecule has 0 saturated carbocycles. The predicted molar refractivity (Wildman–Crippen MR) is 107 cm³/mol. The first-order valence-corrected chi connectivity index (χ1v) is 11.6. The molecule has 0 bridgehead atoms. The molecule has 2 aromatic rings. The standard InChI is InChI=1S/C19H24FN3O3S2/c1-13(2)17-12-27-19(21-17)22-18(24)10-14-6-8-23(9-7-14)28(25,26)16-5-3-4-15(20)11-16/h3-5,11-14H,6-10H2,1-2H3,(H,21,22,24). The van der Waals surface area contributed by atoms with Gasteiger partial charge in [0.2, 0.25) is 15.9 Å². The van der Waals surface area contributed by atoms with E-state index in [1.54, 1.807) is 0 Å². The summed E-state index contributed by atoms with van der Waals surface area (Å²) in [7, 11) is -3.71. The third-order valence-corrected chi connectivity index (χ3v) is 7.51. The van der Waals surface area contributed by atoms with E-state index >= 15 is 0 Å². The summed E-state index contributed by atoms with van der Waals surface area (Å²) in [6, 6.07) is 5.05. The number of carbonyl (C=O) groups excluding carboxylic acids is 1. The molecule has 1 aliphatic heterocycles. The van der Waals surface area contributed by atoms with Crippen LogP contribution in [0, 0.1) is 11.7 Å². The summed E-state index contributed by atoms with van der Waals surface area (Å²) in [6.07, 6.45) is 1.53. The Balaban J connectivity index is 1.52. The number of carbonyl (C=O) groups is 1. The molecule has 2 heterocycles. The van der Waals surface area contributed by atoms with Crippen molar-refractivity contribution < 1.29 is 17.6 Å². The van der Waals surface area contributed by atoms with E-state index in [2.05, 4.69) is 10.3 Å². The van der Waals surface area contributed by atoms with Crippen LogP contribution in [0.25, 0.3) is 0 Å². The summed E-state index contributed by atoms with van der Waals surface area (Å²) >= 11 is 1.41. The molecule has 1 N–H and O–H groups in total. The number of aromatic nitrogens is 1. The Morgan fingerprint density at radius 3 is 2.68 bits per heavy atom. The quantitative estimate of drug-likeness (QED) is 0.763. The first-order chi connectivity index (χ1) is 13.3. The summed E-state index contributed by atoms with van der Waals surface area (Å²) < 4.78 is 40.0. The van der Waals surface area contributed by atoms with Crippen molar-refractivity contribution in [2.75, 3.05) is 18.4 Å². The Labute approximate surface area is 168 Å². The molecular weight excluding hydrogens is 401 g/mol. The number of rotatable bonds is 6. The van der Waals surface area contributed by atoms with E-state index in [1.165, 1.54) is 33.8 Å². The monoisotopic (exact) mass is 425 g/mol. The summed E-state index contributed by atoms with van der Waals surface area (Å²) in [6.45, 7) is 4.75. The largest absolute Gasteiger partial charge is 0.302 e. The molecule has 0 atom stereocenters. The second kappa shape index (κ2) is 8.67. The molecule has 1 fully saturated rings. The molecule has 0 spiro atoms. The van der Waals surface area contributed by atoms with E-state index in [1.807, 2.05) is 19.2 Å². The van der Waals surface area contributed by atoms with E-state index in [9.17, 15) is 17.6 Å². The lowest BCUT2D eigenvalue weighted by Gasteiger charge is -2.30. The zero-order chi connectivity index (χ0) is 20.3. The van der Waals surface area contributed by atoms with Crippen molar-refractivity contribution in [1.82, 2.24) is 9.29 Å². The van der Waals surface area contributed by atoms with Gasteiger partial charge in [-0.2, -0.15) is 4.31 Å². The van der Waals surface area contributed by atoms with Gasteiger partial charge in [-0.05, 0) is 42.9 Å². The van der Waals surface area contributed by atoms with Crippen molar-refractivity contribution in [2.45, 2.75) is 43.9 Å². The number of amides is 1. The minimum atomic E-state index is -3.71. The molecule has 152 valence electrons. The van der Waals surface area contributed by atoms with Gasteiger partial charge in [0, 0.05) is 24.9 Å². The molecular formula is C19H24FN3O3S2. The summed E-state index contributed by atoms with van der Waals surface area (Å²) in [5, 5.41) is 5.37. The SMILES string of the molecule is CC(C)c1csc(NC(=O)CC2CCN(S(=O)(=O)c3cccc(F)c3)CC2)n1. The summed E-state index contributed by atoms with van der Waals surface area (Å²) in [5.41, 5.74) is 0.955. The number of sulfonamides is 1. The number of halogens is 1. The van der Waals surface area contributed by atoms with Gasteiger partial charge in [-0.25, -0.2) is 17.8 Å². The number of thiazole rings is 1. The molecule has 1 amide bonds. The molecule has 1 aromatic carbocycles. The van der Waals surface area contributed by atoms with Gasteiger partial charge in [0.1, 0.15) is 5.82 Å². The van der Waals surface area contributed by atoms with Crippen LogP contribution in [0.2, 0.25) is 0 Å². The Kier molecular flexibility index (Phi) is 6.47. The lowest BCUT2D eigenvalue weighted by molar-refractivity contribution is -0.117. The van der Waals surface area contributed by atoms with E-state index in [0.29, 0.717) is 43.4 Å². The number of nitrogens with one attached hydrogen (secondary N) is 1. The minimum Gasteiger partial charge on any atom is -0.302 e. The molecule has 0 aliphatic carbocycles. The number of nitrogens with zero attached hydrogens (tertiary/aromatic N) is 2. The number of benzene rings is 1. The van der Waals surface area contributed by atoms with Crippen LogP contribution >= 0.6 is 11.3 Å². The Morgan fingerprint density at radius 1 is 1.36 bits per heavy atom. The van der Waals surface area contributed by atoms with Crippen LogP contribution in [0.1, 0.15) is 44.7 Å². The van der Waals surface area contributed by atoms with Gasteiger partial charge in [0.05, 0.1) is 10.6 Å². The average Bonchev–Trinajstić information content (AvgIpc) is 3.11. The molecule has 1 saturated heterocycles. The molecule has 0 radical (unpaired) electrons. The van der Waals surface area contributed by atoms with Crippen LogP contribution in [0.15, 0.2) is 34.5 Å². The smallest absolute Gasteiger partial charge is 0.243 e. The van der Waals surface area contributed by atoms with Crippen LogP contribution in [0.3, 0.4) is 0 Å². The lowest BCUT2D eigenvalue weighted by atomic mass is 9.94. The molecule has 28 heavy (non-hydrogen) atoms. The molecule has 9 heteroatoms. The van der Waals surface area contributed by atoms with Gasteiger partial charge < -0.3 is 5.32 Å². The van der Waals surface area contributed by atoms with Gasteiger partial charge in [0.15, 0.2) is 5.13 Å². The third kappa shape index (κ3) is 4.95. The fourth-order valence-electron chi connectivity index (χ4n) is 3.17. The predicted octanol–water partition coefficient (Wildman–Crippen LogP) is 3.84. The summed E-state index contributed by atoms with van der Waals surface area (Å²) in [4.78, 5) is 16.6. The van der Waals surface area contributed by atoms with Gasteiger partial charge in [-0.15, -0.1) is 11.3 Å². The van der Waals surface area contributed by atoms with Gasteiger partial charge >= 0.3 is 0 Å². The highest BCUT2D eigenvalue weighted by Crippen LogP contribution is 2.27. The van der Waals surface area contributed by atoms with E-state index in [0.717, 1.165) is 11.8 Å². The number of piperidine rings is 1. The van der Waals surface area contributed by atoms with E-state index in [-0.39, 0.29) is 16.7 Å². The zero-order valence-corrected chi connectivity index (χ0v) is 17.5. The van der Waals surface area contributed by atoms with Crippen LogP contribution in [0.5, 0.6) is 0 Å². The van der Waals surface area contributed by atoms with Gasteiger partial charge in [0.25, 0.3) is 0 Å². The Bertz CT molecular complexity index is 935. The van der Waals surface area contributed by atoms with Gasteiger partial charge in [-0.3, -0.25) is 4.79 Å². The maximum Gasteiger partial charge on any atom is 0.243 e. The maximum absolute atomic E-state index is 13.4. The fourth-order valence-corrected chi connectivity index (χ4v) is 5.56. The minimum absolute atomic E-state index is 0.0339. The van der Waals surface area contributed by atoms with Crippen LogP contribution in [0.4, 0.5) is 9.52 Å². The number of hydrogen-bond acceptors (Lipinski definition) is 5. The molecule has 1 aliphatic rings.